The number of benzene rings is 1. The third-order valence-corrected chi connectivity index (χ3v) is 5.42. The zero-order valence-electron chi connectivity index (χ0n) is 15.2. The molecule has 1 N–H and O–H groups in total. The van der Waals surface area contributed by atoms with Crippen molar-refractivity contribution < 1.29 is 4.79 Å². The Balaban J connectivity index is 0.00000196. The summed E-state index contributed by atoms with van der Waals surface area (Å²) in [6.07, 6.45) is 6.57. The number of carbonyl (C=O) groups excluding carboxylic acids is 1. The highest BCUT2D eigenvalue weighted by Gasteiger charge is 2.27. The summed E-state index contributed by atoms with van der Waals surface area (Å²) in [6.45, 7) is 4.78. The van der Waals surface area contributed by atoms with E-state index in [0.717, 1.165) is 49.8 Å². The molecular formula is C20H27ClN4O. The molecule has 0 radical (unpaired) electrons. The number of halogens is 1. The quantitative estimate of drug-likeness (QED) is 0.874. The molecule has 0 bridgehead atoms. The number of aromatic nitrogens is 2. The van der Waals surface area contributed by atoms with Crippen LogP contribution in [0.25, 0.3) is 5.69 Å². The molecule has 1 aliphatic heterocycles. The van der Waals surface area contributed by atoms with Gasteiger partial charge >= 0.3 is 0 Å². The van der Waals surface area contributed by atoms with Crippen LogP contribution in [0.1, 0.15) is 41.7 Å². The zero-order valence-corrected chi connectivity index (χ0v) is 16.0. The van der Waals surface area contributed by atoms with Crippen LogP contribution < -0.4 is 5.32 Å². The Labute approximate surface area is 161 Å². The molecule has 1 aliphatic carbocycles. The molecular weight excluding hydrogens is 348 g/mol. The van der Waals surface area contributed by atoms with Crippen molar-refractivity contribution in [1.82, 2.24) is 20.0 Å². The van der Waals surface area contributed by atoms with Crippen LogP contribution in [0.15, 0.2) is 36.5 Å². The predicted molar refractivity (Wildman–Crippen MR) is 105 cm³/mol. The van der Waals surface area contributed by atoms with Gasteiger partial charge in [-0.25, -0.2) is 4.68 Å². The molecule has 5 nitrogen and oxygen atoms in total. The smallest absolute Gasteiger partial charge is 0.257 e. The van der Waals surface area contributed by atoms with Gasteiger partial charge in [0.15, 0.2) is 0 Å². The maximum Gasteiger partial charge on any atom is 0.257 e. The third-order valence-electron chi connectivity index (χ3n) is 5.42. The van der Waals surface area contributed by atoms with Crippen LogP contribution >= 0.6 is 12.4 Å². The van der Waals surface area contributed by atoms with Crippen LogP contribution in [-0.4, -0.2) is 46.3 Å². The van der Waals surface area contributed by atoms with Crippen LogP contribution in [0.4, 0.5) is 0 Å². The first-order valence-corrected chi connectivity index (χ1v) is 9.35. The van der Waals surface area contributed by atoms with Crippen molar-refractivity contribution in [2.24, 2.45) is 5.92 Å². The van der Waals surface area contributed by atoms with Crippen LogP contribution in [0.5, 0.6) is 0 Å². The molecule has 0 unspecified atom stereocenters. The summed E-state index contributed by atoms with van der Waals surface area (Å²) < 4.78 is 1.84. The number of amides is 1. The van der Waals surface area contributed by atoms with Gasteiger partial charge < -0.3 is 10.2 Å². The molecule has 1 amide bonds. The first-order valence-electron chi connectivity index (χ1n) is 9.35. The van der Waals surface area contributed by atoms with E-state index in [-0.39, 0.29) is 18.3 Å². The van der Waals surface area contributed by atoms with Gasteiger partial charge in [-0.05, 0) is 57.2 Å². The molecule has 0 atom stereocenters. The van der Waals surface area contributed by atoms with Crippen molar-refractivity contribution in [1.29, 1.82) is 0 Å². The van der Waals surface area contributed by atoms with E-state index in [2.05, 4.69) is 10.4 Å². The van der Waals surface area contributed by atoms with Gasteiger partial charge in [0.25, 0.3) is 5.91 Å². The van der Waals surface area contributed by atoms with Crippen LogP contribution in [0.2, 0.25) is 0 Å². The van der Waals surface area contributed by atoms with E-state index in [9.17, 15) is 4.79 Å². The maximum atomic E-state index is 12.9. The number of nitrogens with one attached hydrogen (secondary N) is 1. The molecule has 6 heteroatoms. The molecule has 4 rings (SSSR count). The van der Waals surface area contributed by atoms with E-state index >= 15 is 0 Å². The fourth-order valence-electron chi connectivity index (χ4n) is 3.56. The highest BCUT2D eigenvalue weighted by molar-refractivity contribution is 5.95. The third kappa shape index (κ3) is 4.10. The Morgan fingerprint density at radius 1 is 1.15 bits per heavy atom. The summed E-state index contributed by atoms with van der Waals surface area (Å²) in [5, 5.41) is 8.09. The van der Waals surface area contributed by atoms with Crippen LogP contribution in [0, 0.1) is 12.8 Å². The highest BCUT2D eigenvalue weighted by Crippen LogP contribution is 2.28. The first kappa shape index (κ1) is 18.9. The Bertz CT molecular complexity index is 734. The number of likely N-dealkylation sites (tertiary alicyclic amines) is 1. The molecule has 1 saturated carbocycles. The summed E-state index contributed by atoms with van der Waals surface area (Å²) in [5.74, 6) is 1.02. The summed E-state index contributed by atoms with van der Waals surface area (Å²) in [4.78, 5) is 14.9. The van der Waals surface area contributed by atoms with Crippen LogP contribution in [0.3, 0.4) is 0 Å². The SMILES string of the molecule is Cc1c(C(=O)N2CCC(NCC3CC3)CC2)cnn1-c1ccccc1.Cl. The average Bonchev–Trinajstić information content (AvgIpc) is 3.41. The molecule has 2 aromatic rings. The molecule has 0 spiro atoms. The predicted octanol–water partition coefficient (Wildman–Crippen LogP) is 3.21. The molecule has 1 saturated heterocycles. The fraction of sp³-hybridized carbons (Fsp3) is 0.500. The Morgan fingerprint density at radius 3 is 2.50 bits per heavy atom. The van der Waals surface area contributed by atoms with E-state index in [4.69, 9.17) is 0 Å². The number of carbonyl (C=O) groups is 1. The standard InChI is InChI=1S/C20H26N4O.ClH/c1-15-19(14-22-24(15)18-5-3-2-4-6-18)20(25)23-11-9-17(10-12-23)21-13-16-7-8-16;/h2-6,14,16-17,21H,7-13H2,1H3;1H. The van der Waals surface area contributed by atoms with E-state index < -0.39 is 0 Å². The van der Waals surface area contributed by atoms with Gasteiger partial charge in [-0.15, -0.1) is 12.4 Å². The molecule has 2 aliphatic rings. The minimum atomic E-state index is 0. The Hall–Kier alpha value is -1.85. The first-order chi connectivity index (χ1) is 12.2. The second-order valence-corrected chi connectivity index (χ2v) is 7.31. The largest absolute Gasteiger partial charge is 0.338 e. The van der Waals surface area contributed by atoms with E-state index in [1.165, 1.54) is 12.8 Å². The van der Waals surface area contributed by atoms with Crippen molar-refractivity contribution in [2.75, 3.05) is 19.6 Å². The summed E-state index contributed by atoms with van der Waals surface area (Å²) >= 11 is 0. The van der Waals surface area contributed by atoms with Gasteiger partial charge in [0.2, 0.25) is 0 Å². The molecule has 140 valence electrons. The van der Waals surface area contributed by atoms with Crippen molar-refractivity contribution >= 4 is 18.3 Å². The number of nitrogens with zero attached hydrogens (tertiary/aromatic N) is 3. The van der Waals surface area contributed by atoms with Crippen LogP contribution in [-0.2, 0) is 0 Å². The maximum absolute atomic E-state index is 12.9. The van der Waals surface area contributed by atoms with Gasteiger partial charge in [-0.1, -0.05) is 18.2 Å². The topological polar surface area (TPSA) is 50.2 Å². The van der Waals surface area contributed by atoms with E-state index in [1.54, 1.807) is 6.20 Å². The minimum absolute atomic E-state index is 0. The lowest BCUT2D eigenvalue weighted by Gasteiger charge is -2.32. The minimum Gasteiger partial charge on any atom is -0.338 e. The number of rotatable bonds is 5. The van der Waals surface area contributed by atoms with Crippen molar-refractivity contribution in [3.63, 3.8) is 0 Å². The molecule has 2 heterocycles. The highest BCUT2D eigenvalue weighted by atomic mass is 35.5. The fourth-order valence-corrected chi connectivity index (χ4v) is 3.56. The molecule has 1 aromatic carbocycles. The van der Waals surface area contributed by atoms with Gasteiger partial charge in [-0.2, -0.15) is 5.10 Å². The van der Waals surface area contributed by atoms with Gasteiger partial charge in [0, 0.05) is 19.1 Å². The lowest BCUT2D eigenvalue weighted by Crippen LogP contribution is -2.45. The number of hydrogen-bond donors (Lipinski definition) is 1. The van der Waals surface area contributed by atoms with Gasteiger partial charge in [0.1, 0.15) is 0 Å². The van der Waals surface area contributed by atoms with Crippen molar-refractivity contribution in [3.8, 4) is 5.69 Å². The van der Waals surface area contributed by atoms with Gasteiger partial charge in [0.05, 0.1) is 23.1 Å². The van der Waals surface area contributed by atoms with E-state index in [1.807, 2.05) is 46.8 Å². The number of para-hydroxylation sites is 1. The van der Waals surface area contributed by atoms with Crippen molar-refractivity contribution in [3.05, 3.63) is 47.8 Å². The summed E-state index contributed by atoms with van der Waals surface area (Å²) in [6, 6.07) is 10.5. The summed E-state index contributed by atoms with van der Waals surface area (Å²) in [5.41, 5.74) is 2.61. The monoisotopic (exact) mass is 374 g/mol. The Morgan fingerprint density at radius 2 is 1.85 bits per heavy atom. The zero-order chi connectivity index (χ0) is 17.2. The van der Waals surface area contributed by atoms with Gasteiger partial charge in [-0.3, -0.25) is 4.79 Å². The van der Waals surface area contributed by atoms with E-state index in [0.29, 0.717) is 11.6 Å². The van der Waals surface area contributed by atoms with Crippen molar-refractivity contribution in [2.45, 2.75) is 38.6 Å². The molecule has 1 aromatic heterocycles. The average molecular weight is 375 g/mol. The second kappa shape index (κ2) is 8.23. The Kier molecular flexibility index (Phi) is 5.99. The second-order valence-electron chi connectivity index (χ2n) is 7.31. The number of piperidine rings is 1. The molecule has 26 heavy (non-hydrogen) atoms. The normalized spacial score (nSPS) is 17.8. The molecule has 2 fully saturated rings. The summed E-state index contributed by atoms with van der Waals surface area (Å²) in [7, 11) is 0. The number of hydrogen-bond acceptors (Lipinski definition) is 3. The lowest BCUT2D eigenvalue weighted by atomic mass is 10.0. The lowest BCUT2D eigenvalue weighted by molar-refractivity contribution is 0.0704.